The molecule has 2 atom stereocenters. The lowest BCUT2D eigenvalue weighted by Crippen LogP contribution is -2.48. The smallest absolute Gasteiger partial charge is 0.0969 e. The zero-order chi connectivity index (χ0) is 9.47. The Hall–Kier alpha value is -0.120. The zero-order valence-corrected chi connectivity index (χ0v) is 8.49. The second-order valence-corrected chi connectivity index (χ2v) is 4.55. The SMILES string of the molecule is C[C@@H]1C[C@@H](O)C2(CCN(C)CC2)O1. The normalized spacial score (nSPS) is 39.9. The first kappa shape index (κ1) is 9.44. The van der Waals surface area contributed by atoms with E-state index >= 15 is 0 Å². The minimum atomic E-state index is -0.240. The summed E-state index contributed by atoms with van der Waals surface area (Å²) in [6.45, 7) is 4.14. The molecule has 0 bridgehead atoms. The predicted octanol–water partition coefficient (Wildman–Crippen LogP) is 0.620. The highest BCUT2D eigenvalue weighted by Gasteiger charge is 2.47. The largest absolute Gasteiger partial charge is 0.390 e. The summed E-state index contributed by atoms with van der Waals surface area (Å²) >= 11 is 0. The average Bonchev–Trinajstić information content (AvgIpc) is 2.34. The molecule has 3 heteroatoms. The van der Waals surface area contributed by atoms with E-state index in [4.69, 9.17) is 4.74 Å². The van der Waals surface area contributed by atoms with Gasteiger partial charge in [-0.2, -0.15) is 0 Å². The molecule has 0 aliphatic carbocycles. The van der Waals surface area contributed by atoms with Crippen LogP contribution >= 0.6 is 0 Å². The maximum atomic E-state index is 9.92. The standard InChI is InChI=1S/C10H19NO2/c1-8-7-9(12)10(13-8)3-5-11(2)6-4-10/h8-9,12H,3-7H2,1-2H3/t8-,9-/m1/s1. The van der Waals surface area contributed by atoms with Crippen LogP contribution in [0, 0.1) is 0 Å². The highest BCUT2D eigenvalue weighted by molar-refractivity contribution is 4.98. The molecule has 0 aromatic rings. The molecule has 2 saturated heterocycles. The van der Waals surface area contributed by atoms with Crippen molar-refractivity contribution in [1.29, 1.82) is 0 Å². The second-order valence-electron chi connectivity index (χ2n) is 4.55. The quantitative estimate of drug-likeness (QED) is 0.600. The Morgan fingerprint density at radius 3 is 2.46 bits per heavy atom. The van der Waals surface area contributed by atoms with Crippen molar-refractivity contribution in [3.05, 3.63) is 0 Å². The van der Waals surface area contributed by atoms with Crippen LogP contribution < -0.4 is 0 Å². The van der Waals surface area contributed by atoms with E-state index in [-0.39, 0.29) is 17.8 Å². The summed E-state index contributed by atoms with van der Waals surface area (Å²) in [7, 11) is 2.12. The molecule has 2 aliphatic heterocycles. The highest BCUT2D eigenvalue weighted by Crippen LogP contribution is 2.38. The molecule has 0 amide bonds. The van der Waals surface area contributed by atoms with Crippen LogP contribution in [0.25, 0.3) is 0 Å². The van der Waals surface area contributed by atoms with Crippen LogP contribution in [0.5, 0.6) is 0 Å². The Morgan fingerprint density at radius 1 is 1.38 bits per heavy atom. The third-order valence-corrected chi connectivity index (χ3v) is 3.43. The molecule has 76 valence electrons. The van der Waals surface area contributed by atoms with Gasteiger partial charge in [-0.25, -0.2) is 0 Å². The molecule has 1 N–H and O–H groups in total. The lowest BCUT2D eigenvalue weighted by atomic mass is 9.86. The van der Waals surface area contributed by atoms with Crippen LogP contribution in [-0.4, -0.2) is 48.0 Å². The van der Waals surface area contributed by atoms with Gasteiger partial charge in [0.1, 0.15) is 0 Å². The number of aliphatic hydroxyl groups is 1. The number of rotatable bonds is 0. The Bertz CT molecular complexity index is 187. The third-order valence-electron chi connectivity index (χ3n) is 3.43. The van der Waals surface area contributed by atoms with Gasteiger partial charge in [-0.05, 0) is 26.8 Å². The van der Waals surface area contributed by atoms with Gasteiger partial charge in [0.05, 0.1) is 17.8 Å². The summed E-state index contributed by atoms with van der Waals surface area (Å²) < 4.78 is 5.87. The minimum Gasteiger partial charge on any atom is -0.390 e. The first-order valence-electron chi connectivity index (χ1n) is 5.17. The molecule has 1 spiro atoms. The molecule has 2 rings (SSSR count). The molecule has 0 aromatic carbocycles. The number of hydrogen-bond acceptors (Lipinski definition) is 3. The topological polar surface area (TPSA) is 32.7 Å². The van der Waals surface area contributed by atoms with Crippen molar-refractivity contribution >= 4 is 0 Å². The fourth-order valence-corrected chi connectivity index (χ4v) is 2.50. The van der Waals surface area contributed by atoms with Gasteiger partial charge in [0.25, 0.3) is 0 Å². The Kier molecular flexibility index (Phi) is 2.34. The van der Waals surface area contributed by atoms with Crippen LogP contribution in [0.3, 0.4) is 0 Å². The van der Waals surface area contributed by atoms with Gasteiger partial charge in [0.2, 0.25) is 0 Å². The first-order valence-corrected chi connectivity index (χ1v) is 5.17. The molecule has 0 unspecified atom stereocenters. The van der Waals surface area contributed by atoms with Crippen molar-refractivity contribution < 1.29 is 9.84 Å². The van der Waals surface area contributed by atoms with E-state index in [1.54, 1.807) is 0 Å². The number of ether oxygens (including phenoxy) is 1. The fourth-order valence-electron chi connectivity index (χ4n) is 2.50. The third kappa shape index (κ3) is 1.60. The van der Waals surface area contributed by atoms with E-state index in [1.807, 2.05) is 0 Å². The Balaban J connectivity index is 2.04. The van der Waals surface area contributed by atoms with Gasteiger partial charge < -0.3 is 14.7 Å². The van der Waals surface area contributed by atoms with Crippen LogP contribution in [0.4, 0.5) is 0 Å². The fraction of sp³-hybridized carbons (Fsp3) is 1.00. The highest BCUT2D eigenvalue weighted by atomic mass is 16.5. The van der Waals surface area contributed by atoms with Crippen molar-refractivity contribution in [2.45, 2.75) is 44.0 Å². The summed E-state index contributed by atoms with van der Waals surface area (Å²) in [6.07, 6.45) is 2.77. The zero-order valence-electron chi connectivity index (χ0n) is 8.49. The molecular formula is C10H19NO2. The summed E-state index contributed by atoms with van der Waals surface area (Å²) in [5, 5.41) is 9.92. The molecule has 0 aromatic heterocycles. The molecule has 3 nitrogen and oxygen atoms in total. The van der Waals surface area contributed by atoms with Crippen molar-refractivity contribution in [2.75, 3.05) is 20.1 Å². The average molecular weight is 185 g/mol. The number of hydrogen-bond donors (Lipinski definition) is 1. The molecule has 2 heterocycles. The van der Waals surface area contributed by atoms with Gasteiger partial charge in [-0.15, -0.1) is 0 Å². The number of piperidine rings is 1. The maximum Gasteiger partial charge on any atom is 0.0969 e. The lowest BCUT2D eigenvalue weighted by molar-refractivity contribution is -0.108. The van der Waals surface area contributed by atoms with Crippen LogP contribution in [0.1, 0.15) is 26.2 Å². The predicted molar refractivity (Wildman–Crippen MR) is 50.6 cm³/mol. The van der Waals surface area contributed by atoms with E-state index in [1.165, 1.54) is 0 Å². The molecular weight excluding hydrogens is 166 g/mol. The van der Waals surface area contributed by atoms with Crippen LogP contribution in [-0.2, 0) is 4.74 Å². The van der Waals surface area contributed by atoms with Gasteiger partial charge in [-0.3, -0.25) is 0 Å². The van der Waals surface area contributed by atoms with Crippen LogP contribution in [0.2, 0.25) is 0 Å². The Labute approximate surface area is 79.7 Å². The minimum absolute atomic E-state index is 0.202. The van der Waals surface area contributed by atoms with E-state index in [9.17, 15) is 5.11 Å². The van der Waals surface area contributed by atoms with Gasteiger partial charge in [-0.1, -0.05) is 0 Å². The van der Waals surface area contributed by atoms with Crippen molar-refractivity contribution in [3.63, 3.8) is 0 Å². The summed E-state index contributed by atoms with van der Waals surface area (Å²) in [5.74, 6) is 0. The number of aliphatic hydroxyl groups excluding tert-OH is 1. The monoisotopic (exact) mass is 185 g/mol. The molecule has 13 heavy (non-hydrogen) atoms. The van der Waals surface area contributed by atoms with Crippen molar-refractivity contribution in [3.8, 4) is 0 Å². The van der Waals surface area contributed by atoms with E-state index in [2.05, 4.69) is 18.9 Å². The van der Waals surface area contributed by atoms with Crippen molar-refractivity contribution in [2.24, 2.45) is 0 Å². The Morgan fingerprint density at radius 2 is 2.00 bits per heavy atom. The lowest BCUT2D eigenvalue weighted by Gasteiger charge is -2.39. The van der Waals surface area contributed by atoms with Crippen LogP contribution in [0.15, 0.2) is 0 Å². The number of likely N-dealkylation sites (tertiary alicyclic amines) is 1. The summed E-state index contributed by atoms with van der Waals surface area (Å²) in [6, 6.07) is 0. The van der Waals surface area contributed by atoms with E-state index in [0.29, 0.717) is 0 Å². The molecule has 2 fully saturated rings. The van der Waals surface area contributed by atoms with E-state index in [0.717, 1.165) is 32.4 Å². The van der Waals surface area contributed by atoms with Gasteiger partial charge >= 0.3 is 0 Å². The first-order chi connectivity index (χ1) is 6.12. The molecule has 0 saturated carbocycles. The molecule has 0 radical (unpaired) electrons. The molecule has 2 aliphatic rings. The summed E-state index contributed by atoms with van der Waals surface area (Å²) in [5.41, 5.74) is -0.202. The van der Waals surface area contributed by atoms with Gasteiger partial charge in [0.15, 0.2) is 0 Å². The van der Waals surface area contributed by atoms with Gasteiger partial charge in [0, 0.05) is 19.5 Å². The maximum absolute atomic E-state index is 9.92. The summed E-state index contributed by atoms with van der Waals surface area (Å²) in [4.78, 5) is 2.30. The van der Waals surface area contributed by atoms with Crippen molar-refractivity contribution in [1.82, 2.24) is 4.90 Å². The van der Waals surface area contributed by atoms with E-state index < -0.39 is 0 Å². The second kappa shape index (κ2) is 3.23. The number of nitrogens with zero attached hydrogens (tertiary/aromatic N) is 1.